The highest BCUT2D eigenvalue weighted by atomic mass is 79.9. The van der Waals surface area contributed by atoms with Gasteiger partial charge in [0.25, 0.3) is 0 Å². The van der Waals surface area contributed by atoms with Gasteiger partial charge in [0, 0.05) is 5.33 Å². The Morgan fingerprint density at radius 2 is 2.00 bits per heavy atom. The van der Waals surface area contributed by atoms with Gasteiger partial charge in [-0.25, -0.2) is 0 Å². The average molecular weight is 231 g/mol. The molecule has 0 spiro atoms. The van der Waals surface area contributed by atoms with Gasteiger partial charge in [0.05, 0.1) is 0 Å². The van der Waals surface area contributed by atoms with Crippen molar-refractivity contribution in [2.45, 2.75) is 38.5 Å². The van der Waals surface area contributed by atoms with E-state index in [9.17, 15) is 0 Å². The second-order valence-corrected chi connectivity index (χ2v) is 4.54. The molecular formula is C11H19Br. The fraction of sp³-hybridized carbons (Fsp3) is 0.818. The number of rotatable bonds is 4. The normalized spacial score (nSPS) is 22.1. The van der Waals surface area contributed by atoms with Gasteiger partial charge in [-0.2, -0.15) is 0 Å². The fourth-order valence-corrected chi connectivity index (χ4v) is 2.60. The molecule has 1 saturated carbocycles. The molecule has 0 nitrogen and oxygen atoms in total. The van der Waals surface area contributed by atoms with Gasteiger partial charge in [0.1, 0.15) is 0 Å². The monoisotopic (exact) mass is 230 g/mol. The van der Waals surface area contributed by atoms with Crippen molar-refractivity contribution in [2.75, 3.05) is 5.33 Å². The van der Waals surface area contributed by atoms with Gasteiger partial charge in [-0.05, 0) is 18.3 Å². The molecule has 1 unspecified atom stereocenters. The summed E-state index contributed by atoms with van der Waals surface area (Å²) in [6.07, 6.45) is 10.7. The summed E-state index contributed by atoms with van der Waals surface area (Å²) in [5, 5.41) is 1.09. The molecule has 70 valence electrons. The first kappa shape index (κ1) is 10.3. The van der Waals surface area contributed by atoms with Crippen molar-refractivity contribution in [1.29, 1.82) is 0 Å². The maximum absolute atomic E-state index is 3.87. The second kappa shape index (κ2) is 5.80. The lowest BCUT2D eigenvalue weighted by Gasteiger charge is -2.23. The van der Waals surface area contributed by atoms with Gasteiger partial charge >= 0.3 is 0 Å². The molecule has 0 radical (unpaired) electrons. The van der Waals surface area contributed by atoms with Gasteiger partial charge < -0.3 is 0 Å². The third-order valence-electron chi connectivity index (χ3n) is 2.89. The number of allylic oxidation sites excluding steroid dienone is 1. The van der Waals surface area contributed by atoms with Gasteiger partial charge in [0.2, 0.25) is 0 Å². The molecule has 1 rings (SSSR count). The predicted octanol–water partition coefficient (Wildman–Crippen LogP) is 4.15. The third-order valence-corrected chi connectivity index (χ3v) is 3.72. The SMILES string of the molecule is C=CC(CBr)CC1CCCCC1. The van der Waals surface area contributed by atoms with Gasteiger partial charge in [-0.15, -0.1) is 6.58 Å². The Morgan fingerprint density at radius 1 is 1.33 bits per heavy atom. The highest BCUT2D eigenvalue weighted by Gasteiger charge is 2.16. The van der Waals surface area contributed by atoms with E-state index < -0.39 is 0 Å². The van der Waals surface area contributed by atoms with E-state index in [0.717, 1.165) is 11.2 Å². The molecule has 0 aromatic heterocycles. The van der Waals surface area contributed by atoms with Crippen molar-refractivity contribution in [1.82, 2.24) is 0 Å². The third kappa shape index (κ3) is 3.30. The molecule has 0 saturated heterocycles. The van der Waals surface area contributed by atoms with Crippen LogP contribution in [0.2, 0.25) is 0 Å². The van der Waals surface area contributed by atoms with Crippen molar-refractivity contribution >= 4 is 15.9 Å². The standard InChI is InChI=1S/C11H19Br/c1-2-10(9-12)8-11-6-4-3-5-7-11/h2,10-11H,1,3-9H2. The van der Waals surface area contributed by atoms with E-state index in [2.05, 4.69) is 28.6 Å². The zero-order chi connectivity index (χ0) is 8.81. The lowest BCUT2D eigenvalue weighted by atomic mass is 9.83. The minimum absolute atomic E-state index is 0.702. The van der Waals surface area contributed by atoms with E-state index in [-0.39, 0.29) is 0 Å². The summed E-state index contributed by atoms with van der Waals surface area (Å²) in [7, 11) is 0. The van der Waals surface area contributed by atoms with E-state index in [1.165, 1.54) is 38.5 Å². The summed E-state index contributed by atoms with van der Waals surface area (Å²) >= 11 is 3.53. The van der Waals surface area contributed by atoms with Crippen LogP contribution in [0.5, 0.6) is 0 Å². The van der Waals surface area contributed by atoms with E-state index in [4.69, 9.17) is 0 Å². The summed E-state index contributed by atoms with van der Waals surface area (Å²) in [6.45, 7) is 3.87. The maximum Gasteiger partial charge on any atom is 0.00943 e. The van der Waals surface area contributed by atoms with Crippen molar-refractivity contribution in [3.63, 3.8) is 0 Å². The Balaban J connectivity index is 2.22. The van der Waals surface area contributed by atoms with Crippen LogP contribution < -0.4 is 0 Å². The van der Waals surface area contributed by atoms with Gasteiger partial charge in [0.15, 0.2) is 0 Å². The average Bonchev–Trinajstić information content (AvgIpc) is 2.16. The summed E-state index contributed by atoms with van der Waals surface area (Å²) in [5.74, 6) is 1.69. The molecule has 1 atom stereocenters. The molecule has 1 heteroatoms. The van der Waals surface area contributed by atoms with Crippen LogP contribution in [0.1, 0.15) is 38.5 Å². The molecule has 0 aliphatic heterocycles. The quantitative estimate of drug-likeness (QED) is 0.503. The highest BCUT2D eigenvalue weighted by molar-refractivity contribution is 9.09. The molecular weight excluding hydrogens is 212 g/mol. The molecule has 0 aromatic rings. The lowest BCUT2D eigenvalue weighted by molar-refractivity contribution is 0.317. The van der Waals surface area contributed by atoms with Crippen LogP contribution in [0.3, 0.4) is 0 Å². The minimum Gasteiger partial charge on any atom is -0.103 e. The second-order valence-electron chi connectivity index (χ2n) is 3.89. The Kier molecular flexibility index (Phi) is 4.98. The molecule has 0 bridgehead atoms. The van der Waals surface area contributed by atoms with Crippen LogP contribution in [-0.4, -0.2) is 5.33 Å². The molecule has 1 aliphatic carbocycles. The first-order valence-corrected chi connectivity index (χ1v) is 6.17. The van der Waals surface area contributed by atoms with E-state index in [1.54, 1.807) is 0 Å². The first-order chi connectivity index (χ1) is 5.86. The van der Waals surface area contributed by atoms with Crippen molar-refractivity contribution < 1.29 is 0 Å². The van der Waals surface area contributed by atoms with E-state index in [1.807, 2.05) is 0 Å². The van der Waals surface area contributed by atoms with Crippen LogP contribution >= 0.6 is 15.9 Å². The Morgan fingerprint density at radius 3 is 2.50 bits per heavy atom. The van der Waals surface area contributed by atoms with Crippen LogP contribution in [-0.2, 0) is 0 Å². The Hall–Kier alpha value is 0.220. The van der Waals surface area contributed by atoms with Gasteiger partial charge in [-0.3, -0.25) is 0 Å². The summed E-state index contributed by atoms with van der Waals surface area (Å²) in [4.78, 5) is 0. The van der Waals surface area contributed by atoms with Crippen LogP contribution in [0.15, 0.2) is 12.7 Å². The number of hydrogen-bond acceptors (Lipinski definition) is 0. The summed E-state index contributed by atoms with van der Waals surface area (Å²) in [6, 6.07) is 0. The molecule has 0 amide bonds. The zero-order valence-corrected chi connectivity index (χ0v) is 9.35. The molecule has 12 heavy (non-hydrogen) atoms. The van der Waals surface area contributed by atoms with Gasteiger partial charge in [-0.1, -0.05) is 54.1 Å². The summed E-state index contributed by atoms with van der Waals surface area (Å²) < 4.78 is 0. The molecule has 0 N–H and O–H groups in total. The minimum atomic E-state index is 0.702. The largest absolute Gasteiger partial charge is 0.103 e. The topological polar surface area (TPSA) is 0 Å². The highest BCUT2D eigenvalue weighted by Crippen LogP contribution is 2.29. The van der Waals surface area contributed by atoms with Crippen molar-refractivity contribution in [3.8, 4) is 0 Å². The number of halogens is 1. The van der Waals surface area contributed by atoms with E-state index >= 15 is 0 Å². The lowest BCUT2D eigenvalue weighted by Crippen LogP contribution is -2.11. The fourth-order valence-electron chi connectivity index (χ4n) is 2.07. The molecule has 0 aromatic carbocycles. The van der Waals surface area contributed by atoms with Crippen LogP contribution in [0.25, 0.3) is 0 Å². The Labute approximate surface area is 84.6 Å². The number of alkyl halides is 1. The smallest absolute Gasteiger partial charge is 0.00943 e. The Bertz CT molecular complexity index is 125. The molecule has 0 heterocycles. The zero-order valence-electron chi connectivity index (χ0n) is 7.77. The van der Waals surface area contributed by atoms with Crippen LogP contribution in [0, 0.1) is 11.8 Å². The predicted molar refractivity (Wildman–Crippen MR) is 58.7 cm³/mol. The number of hydrogen-bond donors (Lipinski definition) is 0. The molecule has 1 aliphatic rings. The van der Waals surface area contributed by atoms with Crippen molar-refractivity contribution in [2.24, 2.45) is 11.8 Å². The van der Waals surface area contributed by atoms with Crippen LogP contribution in [0.4, 0.5) is 0 Å². The van der Waals surface area contributed by atoms with Crippen molar-refractivity contribution in [3.05, 3.63) is 12.7 Å². The summed E-state index contributed by atoms with van der Waals surface area (Å²) in [5.41, 5.74) is 0. The van der Waals surface area contributed by atoms with E-state index in [0.29, 0.717) is 5.92 Å². The maximum atomic E-state index is 3.87. The first-order valence-electron chi connectivity index (χ1n) is 5.05. The molecule has 1 fully saturated rings.